The minimum atomic E-state index is -3.66. The number of hydrogen-bond donors (Lipinski definition) is 0. The van der Waals surface area contributed by atoms with Crippen molar-refractivity contribution in [1.29, 1.82) is 5.26 Å². The van der Waals surface area contributed by atoms with Crippen molar-refractivity contribution < 1.29 is 136 Å². The van der Waals surface area contributed by atoms with Gasteiger partial charge < -0.3 is 18.9 Å². The third kappa shape index (κ3) is 49.7. The fourth-order valence-electron chi connectivity index (χ4n) is 3.12. The third-order valence-electron chi connectivity index (χ3n) is 8.76. The van der Waals surface area contributed by atoms with Crippen molar-refractivity contribution >= 4 is 138 Å². The van der Waals surface area contributed by atoms with Gasteiger partial charge in [-0.3, -0.25) is 4.79 Å². The number of methoxy groups -OCH3 is 2. The van der Waals surface area contributed by atoms with Gasteiger partial charge in [0.1, 0.15) is 41.1 Å². The lowest BCUT2D eigenvalue weighted by Crippen LogP contribution is -2.31. The fourth-order valence-corrected chi connectivity index (χ4v) is 11.4. The van der Waals surface area contributed by atoms with Crippen LogP contribution in [0.5, 0.6) is 0 Å². The molecule has 0 fully saturated rings. The van der Waals surface area contributed by atoms with Crippen molar-refractivity contribution in [2.75, 3.05) is 77.1 Å². The number of nitrogens with zero attached hydrogens (tertiary/aromatic N) is 1. The molecule has 550 valence electrons. The number of hydrogen-bond acceptors (Lipinski definition) is 32. The van der Waals surface area contributed by atoms with E-state index < -0.39 is 186 Å². The summed E-state index contributed by atoms with van der Waals surface area (Å²) in [4.78, 5) is 51.0. The molecule has 0 aliphatic rings. The van der Waals surface area contributed by atoms with Crippen LogP contribution < -0.4 is 0 Å². The lowest BCUT2D eigenvalue weighted by molar-refractivity contribution is -0.149. The number of rotatable bonds is 17. The Morgan fingerprint density at radius 2 is 0.596 bits per heavy atom. The molecule has 0 amide bonds. The third-order valence-corrected chi connectivity index (χ3v) is 26.0. The highest BCUT2D eigenvalue weighted by Crippen LogP contribution is 2.23. The van der Waals surface area contributed by atoms with Crippen molar-refractivity contribution in [3.63, 3.8) is 0 Å². The van der Waals surface area contributed by atoms with Crippen LogP contribution in [0.15, 0.2) is 102 Å². The number of allylic oxidation sites excluding steroid dienone is 3. The van der Waals surface area contributed by atoms with Crippen LogP contribution in [0.2, 0.25) is 0 Å². The summed E-state index contributed by atoms with van der Waals surface area (Å²) < 4.78 is 249. The first-order chi connectivity index (χ1) is 40.3. The Hall–Kier alpha value is -5.85. The van der Waals surface area contributed by atoms with Gasteiger partial charge in [0.05, 0.1) is 30.3 Å². The fraction of sp³-hybridized carbons (Fsp3) is 0.529. The summed E-state index contributed by atoms with van der Waals surface area (Å²) in [7, 11) is -36.3. The number of esters is 4. The monoisotopic (exact) mass is 1560 g/mol. The molecule has 0 rings (SSSR count). The van der Waals surface area contributed by atoms with Crippen molar-refractivity contribution in [1.82, 2.24) is 0 Å². The molecule has 32 nitrogen and oxygen atoms in total. The van der Waals surface area contributed by atoms with E-state index in [1.54, 1.807) is 48.5 Å². The Balaban J connectivity index is -0.000000124. The van der Waals surface area contributed by atoms with Crippen molar-refractivity contribution in [3.05, 3.63) is 102 Å². The molecule has 94 heavy (non-hydrogen) atoms. The molecule has 0 unspecified atom stereocenters. The van der Waals surface area contributed by atoms with Gasteiger partial charge in [-0.25, -0.2) is 112 Å². The highest BCUT2D eigenvalue weighted by atomic mass is 32.3. The molecule has 0 radical (unpaired) electrons. The summed E-state index contributed by atoms with van der Waals surface area (Å²) in [6, 6.07) is 1.42. The van der Waals surface area contributed by atoms with Crippen LogP contribution >= 0.6 is 0 Å². The van der Waals surface area contributed by atoms with Crippen LogP contribution in [-0.4, -0.2) is 214 Å². The highest BCUT2D eigenvalue weighted by Gasteiger charge is 2.36. The van der Waals surface area contributed by atoms with Crippen LogP contribution in [0.3, 0.4) is 0 Å². The molecular weight excluding hydrogens is 1480 g/mol. The van der Waals surface area contributed by atoms with Gasteiger partial charge >= 0.3 is 23.9 Å². The first-order valence-electron chi connectivity index (χ1n) is 24.3. The first-order valence-corrected chi connectivity index (χ1v) is 44.2. The average Bonchev–Trinajstić information content (AvgIpc) is 0.839. The van der Waals surface area contributed by atoms with Crippen LogP contribution in [0.4, 0.5) is 0 Å². The molecule has 0 saturated carbocycles. The molecule has 0 aromatic heterocycles. The average molecular weight is 1560 g/mol. The standard InChI is InChI=1S/2C8H14O4S.C7H14O2S.C6H10O4S.C5H8O4S.C5H8O3S.C4H5NO2S.2C4H8O4S2/c1-6(13(5,10)11)7(9)12-8(2,3)4;1-6(7(9)12-5)13(10,11)8(2,3)4;1-6(2)10(8,9)7(3,4)5;1-4-10-6(7)5(2)11(3,8)9;1-4(5(6)9-2)10(3,7)8;1-4(6)5(2)9(3,7)8;1-4(3-5)8(2,6)7;2*1-4(9(2,5)6)10(3,7)8/h2*1H2,2-5H3;1H2,2-5H3;2,4H2,1,3H3;1H2,2-3H3;2H2,1,3H3;1H2,2H3;2*1H2,2-3H3. The van der Waals surface area contributed by atoms with Crippen LogP contribution in [-0.2, 0) is 151 Å². The van der Waals surface area contributed by atoms with E-state index in [1.807, 2.05) is 0 Å². The van der Waals surface area contributed by atoms with E-state index in [9.17, 15) is 117 Å². The second-order valence-electron chi connectivity index (χ2n) is 21.0. The summed E-state index contributed by atoms with van der Waals surface area (Å²) in [6.45, 7) is 46.7. The Bertz CT molecular complexity index is 4130. The summed E-state index contributed by atoms with van der Waals surface area (Å²) in [5.41, 5.74) is -0.704. The van der Waals surface area contributed by atoms with Gasteiger partial charge in [-0.15, -0.1) is 0 Å². The number of nitriles is 1. The van der Waals surface area contributed by atoms with Gasteiger partial charge in [0.15, 0.2) is 122 Å². The number of ketones is 1. The normalized spacial score (nSPS) is 11.9. The molecule has 0 heterocycles. The van der Waals surface area contributed by atoms with Gasteiger partial charge in [0.25, 0.3) is 0 Å². The van der Waals surface area contributed by atoms with Crippen molar-refractivity contribution in [2.45, 2.75) is 98.2 Å². The zero-order valence-electron chi connectivity index (χ0n) is 56.7. The van der Waals surface area contributed by atoms with Crippen molar-refractivity contribution in [2.24, 2.45) is 0 Å². The molecule has 0 aromatic rings. The van der Waals surface area contributed by atoms with Gasteiger partial charge in [-0.2, -0.15) is 5.26 Å². The zero-order chi connectivity index (χ0) is 79.3. The molecule has 0 saturated heterocycles. The van der Waals surface area contributed by atoms with E-state index in [4.69, 9.17) is 10.00 Å². The number of Topliss-reactive ketones (excluding diaryl/α,β-unsaturated/α-hetero) is 1. The maximum absolute atomic E-state index is 11.6. The number of carbonyl (C=O) groups excluding carboxylic acids is 5. The Morgan fingerprint density at radius 1 is 0.362 bits per heavy atom. The van der Waals surface area contributed by atoms with E-state index >= 15 is 0 Å². The minimum Gasteiger partial charge on any atom is -0.465 e. The summed E-state index contributed by atoms with van der Waals surface area (Å²) in [5, 5.41) is 7.94. The Kier molecular flexibility index (Phi) is 46.2. The number of carbonyl (C=O) groups is 5. The lowest BCUT2D eigenvalue weighted by Gasteiger charge is -2.19. The van der Waals surface area contributed by atoms with E-state index in [0.29, 0.717) is 0 Å². The second kappa shape index (κ2) is 40.6. The van der Waals surface area contributed by atoms with Crippen LogP contribution in [0.25, 0.3) is 0 Å². The van der Waals surface area contributed by atoms with E-state index in [-0.39, 0.29) is 16.4 Å². The molecule has 0 N–H and O–H groups in total. The SMILES string of the molecule is C=C(C#N)S(C)(=O)=O.C=C(C(=O)OC(C)(C)C)S(C)(=O)=O.C=C(C(=O)OC)S(=O)(=O)C(C)(C)C.C=C(C(=O)OC)S(C)(=O)=O.C=C(C(=O)OCC)S(C)(=O)=O.C=C(C(C)=O)S(C)(=O)=O.C=C(C)S(=O)(=O)C(C)(C)C.C=C(S(C)(=O)=O)S(C)(=O)=O.C=C(S(C)(=O)=O)S(C)(=O)=O. The van der Waals surface area contributed by atoms with Crippen LogP contribution in [0.1, 0.15) is 83.1 Å². The quantitative estimate of drug-likeness (QED) is 0.0874. The summed E-state index contributed by atoms with van der Waals surface area (Å²) >= 11 is 0. The second-order valence-corrected chi connectivity index (χ2v) is 45.5. The lowest BCUT2D eigenvalue weighted by atomic mass is 10.2. The molecule has 0 spiro atoms. The maximum Gasteiger partial charge on any atom is 0.349 e. The highest BCUT2D eigenvalue weighted by molar-refractivity contribution is 8.14. The predicted octanol–water partition coefficient (Wildman–Crippen LogP) is 2.63. The van der Waals surface area contributed by atoms with Crippen molar-refractivity contribution in [3.8, 4) is 6.07 Å². The molecule has 0 bridgehead atoms. The first kappa shape index (κ1) is 107. The summed E-state index contributed by atoms with van der Waals surface area (Å²) in [6.07, 6.45) is 7.83. The van der Waals surface area contributed by atoms with Gasteiger partial charge in [0, 0.05) is 61.2 Å². The van der Waals surface area contributed by atoms with Crippen LogP contribution in [0, 0.1) is 11.3 Å². The predicted molar refractivity (Wildman–Crippen MR) is 362 cm³/mol. The summed E-state index contributed by atoms with van der Waals surface area (Å²) in [5.74, 6) is -4.10. The van der Waals surface area contributed by atoms with Gasteiger partial charge in [-0.05, 0) is 83.1 Å². The van der Waals surface area contributed by atoms with Gasteiger partial charge in [-0.1, -0.05) is 59.2 Å². The molecule has 0 aromatic carbocycles. The smallest absolute Gasteiger partial charge is 0.349 e. The molecule has 0 aliphatic heterocycles. The molecule has 0 aliphatic carbocycles. The number of sulfone groups is 11. The Morgan fingerprint density at radius 3 is 0.702 bits per heavy atom. The largest absolute Gasteiger partial charge is 0.465 e. The number of ether oxygens (including phenoxy) is 4. The van der Waals surface area contributed by atoms with E-state index in [1.165, 1.54) is 40.7 Å². The molecule has 0 atom stereocenters. The topological polar surface area (TPSA) is 522 Å². The zero-order valence-corrected chi connectivity index (χ0v) is 65.6. The Labute approximate surface area is 557 Å². The maximum atomic E-state index is 11.6. The van der Waals surface area contributed by atoms with E-state index in [2.05, 4.69) is 73.4 Å². The van der Waals surface area contributed by atoms with E-state index in [0.717, 1.165) is 70.5 Å². The molecule has 43 heteroatoms. The molecular formula is C51H89NO31S11. The van der Waals surface area contributed by atoms with Gasteiger partial charge in [0.2, 0.25) is 0 Å². The minimum absolute atomic E-state index is 0.146.